The molecule has 1 aliphatic rings. The predicted molar refractivity (Wildman–Crippen MR) is 122 cm³/mol. The average molecular weight is 452 g/mol. The van der Waals surface area contributed by atoms with Gasteiger partial charge >= 0.3 is 0 Å². The zero-order valence-corrected chi connectivity index (χ0v) is 18.1. The fourth-order valence-corrected chi connectivity index (χ4v) is 5.38. The molecule has 3 heterocycles. The summed E-state index contributed by atoms with van der Waals surface area (Å²) in [6.45, 7) is 1.48. The maximum atomic E-state index is 14.1. The molecule has 2 aromatic heterocycles. The van der Waals surface area contributed by atoms with Gasteiger partial charge in [-0.1, -0.05) is 18.2 Å². The van der Waals surface area contributed by atoms with Gasteiger partial charge < -0.3 is 10.1 Å². The minimum atomic E-state index is -3.89. The third-order valence-corrected chi connectivity index (χ3v) is 7.37. The molecule has 1 N–H and O–H groups in total. The number of ether oxygens (including phenoxy) is 1. The van der Waals surface area contributed by atoms with Crippen LogP contribution in [0.3, 0.4) is 0 Å². The second-order valence-corrected chi connectivity index (χ2v) is 9.60. The second-order valence-electron chi connectivity index (χ2n) is 7.78. The molecule has 0 bridgehead atoms. The molecule has 0 amide bonds. The van der Waals surface area contributed by atoms with E-state index in [2.05, 4.69) is 10.3 Å². The number of hydrogen-bond acceptors (Lipinski definition) is 5. The van der Waals surface area contributed by atoms with E-state index in [0.29, 0.717) is 17.0 Å². The second kappa shape index (κ2) is 8.37. The highest BCUT2D eigenvalue weighted by atomic mass is 32.2. The fraction of sp³-hybridized carbons (Fsp3) is 0.208. The number of benzene rings is 2. The number of fused-ring (bicyclic) bond motifs is 1. The van der Waals surface area contributed by atoms with Crippen LogP contribution in [0.1, 0.15) is 12.8 Å². The Morgan fingerprint density at radius 2 is 1.81 bits per heavy atom. The summed E-state index contributed by atoms with van der Waals surface area (Å²) in [6, 6.07) is 16.4. The smallest absolute Gasteiger partial charge is 0.268 e. The summed E-state index contributed by atoms with van der Waals surface area (Å²) in [4.78, 5) is 4.66. The van der Waals surface area contributed by atoms with Crippen molar-refractivity contribution < 1.29 is 17.5 Å². The lowest BCUT2D eigenvalue weighted by Gasteiger charge is -2.23. The van der Waals surface area contributed by atoms with Crippen LogP contribution in [0.25, 0.3) is 22.0 Å². The number of aromatic nitrogens is 2. The van der Waals surface area contributed by atoms with Gasteiger partial charge in [0.1, 0.15) is 11.6 Å². The maximum absolute atomic E-state index is 14.1. The van der Waals surface area contributed by atoms with Gasteiger partial charge in [0.2, 0.25) is 0 Å². The summed E-state index contributed by atoms with van der Waals surface area (Å²) >= 11 is 0. The number of pyridine rings is 1. The lowest BCUT2D eigenvalue weighted by Crippen LogP contribution is -2.28. The molecule has 8 heteroatoms. The third-order valence-electron chi connectivity index (χ3n) is 5.68. The average Bonchev–Trinajstić information content (AvgIpc) is 3.20. The first-order chi connectivity index (χ1) is 15.5. The highest BCUT2D eigenvalue weighted by Crippen LogP contribution is 2.33. The van der Waals surface area contributed by atoms with E-state index in [0.717, 1.165) is 41.4 Å². The summed E-state index contributed by atoms with van der Waals surface area (Å²) in [5.41, 5.74) is 1.71. The van der Waals surface area contributed by atoms with E-state index in [-0.39, 0.29) is 10.4 Å². The fourth-order valence-electron chi connectivity index (χ4n) is 4.00. The van der Waals surface area contributed by atoms with Gasteiger partial charge in [0.05, 0.1) is 10.4 Å². The predicted octanol–water partition coefficient (Wildman–Crippen LogP) is 4.67. The van der Waals surface area contributed by atoms with Crippen molar-refractivity contribution in [2.45, 2.75) is 23.8 Å². The van der Waals surface area contributed by atoms with Gasteiger partial charge in [-0.25, -0.2) is 21.8 Å². The van der Waals surface area contributed by atoms with Gasteiger partial charge in [-0.05, 0) is 55.3 Å². The Labute approximate surface area is 185 Å². The number of hydrogen-bond donors (Lipinski definition) is 1. The number of nitrogens with zero attached hydrogens (tertiary/aromatic N) is 2. The number of halogens is 1. The Bertz CT molecular complexity index is 1350. The summed E-state index contributed by atoms with van der Waals surface area (Å²) in [5.74, 6) is 0.258. The molecule has 0 spiro atoms. The third kappa shape index (κ3) is 3.87. The molecule has 4 aromatic rings. The molecular weight excluding hydrogens is 429 g/mol. The topological polar surface area (TPSA) is 73.2 Å². The first kappa shape index (κ1) is 20.7. The maximum Gasteiger partial charge on any atom is 0.268 e. The number of anilines is 1. The van der Waals surface area contributed by atoms with E-state index in [1.165, 1.54) is 30.5 Å². The van der Waals surface area contributed by atoms with Gasteiger partial charge in [0, 0.05) is 48.2 Å². The zero-order chi connectivity index (χ0) is 22.1. The Kier molecular flexibility index (Phi) is 5.40. The van der Waals surface area contributed by atoms with Crippen molar-refractivity contribution in [3.63, 3.8) is 0 Å². The van der Waals surface area contributed by atoms with Gasteiger partial charge in [-0.3, -0.25) is 0 Å². The molecule has 1 saturated heterocycles. The van der Waals surface area contributed by atoms with Gasteiger partial charge in [-0.2, -0.15) is 0 Å². The largest absolute Gasteiger partial charge is 0.381 e. The van der Waals surface area contributed by atoms with E-state index in [9.17, 15) is 12.8 Å². The Balaban J connectivity index is 1.55. The zero-order valence-electron chi connectivity index (χ0n) is 17.2. The van der Waals surface area contributed by atoms with E-state index >= 15 is 0 Å². The summed E-state index contributed by atoms with van der Waals surface area (Å²) < 4.78 is 47.2. The molecule has 0 aliphatic carbocycles. The van der Waals surface area contributed by atoms with Crippen LogP contribution in [0.2, 0.25) is 0 Å². The standard InChI is InChI=1S/C24H22FN3O3S/c25-18-7-8-21-22(17-6-9-24(26-15-17)27-19-10-12-31-13-11-19)16-28(23(21)14-18)32(29,30)20-4-2-1-3-5-20/h1-9,14-16,19H,10-13H2,(H,26,27). The van der Waals surface area contributed by atoms with E-state index < -0.39 is 15.8 Å². The quantitative estimate of drug-likeness (QED) is 0.477. The van der Waals surface area contributed by atoms with Crippen molar-refractivity contribution in [3.05, 3.63) is 78.9 Å². The van der Waals surface area contributed by atoms with Crippen LogP contribution >= 0.6 is 0 Å². The van der Waals surface area contributed by atoms with Crippen molar-refractivity contribution >= 4 is 26.7 Å². The van der Waals surface area contributed by atoms with Gasteiger partial charge in [0.25, 0.3) is 10.0 Å². The molecule has 0 radical (unpaired) electrons. The molecular formula is C24H22FN3O3S. The Hall–Kier alpha value is -3.23. The van der Waals surface area contributed by atoms with Crippen LogP contribution in [-0.4, -0.2) is 36.6 Å². The van der Waals surface area contributed by atoms with E-state index in [1.54, 1.807) is 30.5 Å². The van der Waals surface area contributed by atoms with Crippen molar-refractivity contribution in [1.29, 1.82) is 0 Å². The Morgan fingerprint density at radius 1 is 1.03 bits per heavy atom. The van der Waals surface area contributed by atoms with Crippen LogP contribution in [0.5, 0.6) is 0 Å². The molecule has 0 saturated carbocycles. The SMILES string of the molecule is O=S(=O)(c1ccccc1)n1cc(-c2ccc(NC3CCOCC3)nc2)c2ccc(F)cc21. The van der Waals surface area contributed by atoms with Crippen LogP contribution in [0.4, 0.5) is 10.2 Å². The van der Waals surface area contributed by atoms with Crippen molar-refractivity contribution in [2.24, 2.45) is 0 Å². The van der Waals surface area contributed by atoms with Gasteiger partial charge in [0.15, 0.2) is 0 Å². The highest BCUT2D eigenvalue weighted by molar-refractivity contribution is 7.90. The normalized spacial score (nSPS) is 15.2. The van der Waals surface area contributed by atoms with Crippen molar-refractivity contribution in [2.75, 3.05) is 18.5 Å². The summed E-state index contributed by atoms with van der Waals surface area (Å²) in [6.07, 6.45) is 5.11. The van der Waals surface area contributed by atoms with E-state index in [4.69, 9.17) is 4.74 Å². The first-order valence-electron chi connectivity index (χ1n) is 10.4. The number of nitrogens with one attached hydrogen (secondary N) is 1. The van der Waals surface area contributed by atoms with Crippen LogP contribution in [0, 0.1) is 5.82 Å². The van der Waals surface area contributed by atoms with Crippen LogP contribution in [0.15, 0.2) is 78.0 Å². The molecule has 164 valence electrons. The van der Waals surface area contributed by atoms with Crippen molar-refractivity contribution in [3.8, 4) is 11.1 Å². The minimum Gasteiger partial charge on any atom is -0.381 e. The first-order valence-corrected chi connectivity index (χ1v) is 11.9. The van der Waals surface area contributed by atoms with E-state index in [1.807, 2.05) is 12.1 Å². The molecule has 5 rings (SSSR count). The molecule has 32 heavy (non-hydrogen) atoms. The van der Waals surface area contributed by atoms with Gasteiger partial charge in [-0.15, -0.1) is 0 Å². The van der Waals surface area contributed by atoms with Crippen molar-refractivity contribution in [1.82, 2.24) is 8.96 Å². The minimum absolute atomic E-state index is 0.141. The van der Waals surface area contributed by atoms with Crippen LogP contribution < -0.4 is 5.32 Å². The number of rotatable bonds is 5. The van der Waals surface area contributed by atoms with Crippen LogP contribution in [-0.2, 0) is 14.8 Å². The highest BCUT2D eigenvalue weighted by Gasteiger charge is 2.22. The Morgan fingerprint density at radius 3 is 2.53 bits per heavy atom. The molecule has 6 nitrogen and oxygen atoms in total. The molecule has 0 unspecified atom stereocenters. The molecule has 1 aliphatic heterocycles. The lowest BCUT2D eigenvalue weighted by molar-refractivity contribution is 0.0904. The molecule has 2 aromatic carbocycles. The molecule has 1 fully saturated rings. The summed E-state index contributed by atoms with van der Waals surface area (Å²) in [5, 5.41) is 4.05. The monoisotopic (exact) mass is 451 g/mol. The molecule has 0 atom stereocenters. The summed E-state index contributed by atoms with van der Waals surface area (Å²) in [7, 11) is -3.89. The lowest BCUT2D eigenvalue weighted by atomic mass is 10.1.